The Kier molecular flexibility index (Phi) is 5.74. The van der Waals surface area contributed by atoms with Gasteiger partial charge >= 0.3 is 0 Å². The molecule has 1 heterocycles. The molecule has 0 saturated carbocycles. The lowest BCUT2D eigenvalue weighted by atomic mass is 9.80. The van der Waals surface area contributed by atoms with Crippen LogP contribution in [0.3, 0.4) is 0 Å². The third-order valence-corrected chi connectivity index (χ3v) is 8.22. The molecule has 1 fully saturated rings. The molecule has 1 saturated heterocycles. The number of fused-ring (bicyclic) bond motifs is 2. The van der Waals surface area contributed by atoms with E-state index in [9.17, 15) is 13.2 Å². The molecule has 172 valence electrons. The van der Waals surface area contributed by atoms with E-state index in [1.54, 1.807) is 31.4 Å². The highest BCUT2D eigenvalue weighted by Gasteiger charge is 2.35. The molecule has 0 spiro atoms. The van der Waals surface area contributed by atoms with Crippen molar-refractivity contribution >= 4 is 32.4 Å². The molecule has 33 heavy (non-hydrogen) atoms. The maximum absolute atomic E-state index is 13.5. The van der Waals surface area contributed by atoms with Crippen molar-refractivity contribution in [3.05, 3.63) is 65.7 Å². The number of hydrogen-bond acceptors (Lipinski definition) is 5. The van der Waals surface area contributed by atoms with Crippen LogP contribution in [0, 0.1) is 0 Å². The van der Waals surface area contributed by atoms with Crippen molar-refractivity contribution in [2.24, 2.45) is 0 Å². The summed E-state index contributed by atoms with van der Waals surface area (Å²) in [6, 6.07) is 16.4. The highest BCUT2D eigenvalue weighted by Crippen LogP contribution is 2.43. The van der Waals surface area contributed by atoms with Gasteiger partial charge in [0, 0.05) is 29.7 Å². The molecule has 0 radical (unpaired) electrons. The van der Waals surface area contributed by atoms with Crippen LogP contribution in [0.25, 0.3) is 10.8 Å². The van der Waals surface area contributed by atoms with Gasteiger partial charge in [0.1, 0.15) is 5.75 Å². The van der Waals surface area contributed by atoms with Gasteiger partial charge in [-0.3, -0.25) is 4.79 Å². The first-order valence-electron chi connectivity index (χ1n) is 11.5. The molecule has 1 aliphatic heterocycles. The van der Waals surface area contributed by atoms with Crippen LogP contribution in [0.5, 0.6) is 5.75 Å². The molecule has 2 aliphatic rings. The summed E-state index contributed by atoms with van der Waals surface area (Å²) in [7, 11) is -2.39. The van der Waals surface area contributed by atoms with Crippen molar-refractivity contribution in [2.45, 2.75) is 42.9 Å². The topological polar surface area (TPSA) is 75.7 Å². The average molecular weight is 465 g/mol. The molecular weight excluding hydrogens is 436 g/mol. The fourth-order valence-corrected chi connectivity index (χ4v) is 6.53. The zero-order valence-electron chi connectivity index (χ0n) is 18.7. The summed E-state index contributed by atoms with van der Waals surface area (Å²) in [5.41, 5.74) is 2.98. The van der Waals surface area contributed by atoms with Crippen LogP contribution in [0.15, 0.2) is 59.5 Å². The van der Waals surface area contributed by atoms with E-state index >= 15 is 0 Å². The summed E-state index contributed by atoms with van der Waals surface area (Å²) in [5, 5.41) is 1.42. The maximum Gasteiger partial charge on any atom is 0.264 e. The molecule has 3 aromatic carbocycles. The molecule has 1 N–H and O–H groups in total. The van der Waals surface area contributed by atoms with Gasteiger partial charge in [-0.05, 0) is 61.3 Å². The van der Waals surface area contributed by atoms with Crippen LogP contribution in [0.4, 0.5) is 5.69 Å². The van der Waals surface area contributed by atoms with E-state index in [0.29, 0.717) is 11.8 Å². The van der Waals surface area contributed by atoms with Crippen LogP contribution >= 0.6 is 0 Å². The van der Waals surface area contributed by atoms with E-state index in [2.05, 4.69) is 9.62 Å². The summed E-state index contributed by atoms with van der Waals surface area (Å²) < 4.78 is 34.6. The second-order valence-corrected chi connectivity index (χ2v) is 10.4. The van der Waals surface area contributed by atoms with Gasteiger partial charge in [-0.15, -0.1) is 0 Å². The molecular formula is C26H28N2O4S. The molecule has 1 atom stereocenters. The van der Waals surface area contributed by atoms with Crippen LogP contribution in [-0.2, 0) is 21.2 Å². The van der Waals surface area contributed by atoms with E-state index in [4.69, 9.17) is 4.74 Å². The Bertz CT molecular complexity index is 1310. The number of methoxy groups -OCH3 is 1. The smallest absolute Gasteiger partial charge is 0.264 e. The summed E-state index contributed by atoms with van der Waals surface area (Å²) in [6.45, 7) is 1.89. The van der Waals surface area contributed by atoms with Crippen LogP contribution in [0.2, 0.25) is 0 Å². The average Bonchev–Trinajstić information content (AvgIpc) is 3.37. The lowest BCUT2D eigenvalue weighted by Gasteiger charge is -2.32. The van der Waals surface area contributed by atoms with E-state index in [1.165, 1.54) is 0 Å². The van der Waals surface area contributed by atoms with Crippen LogP contribution < -0.4 is 14.4 Å². The monoisotopic (exact) mass is 464 g/mol. The molecule has 1 unspecified atom stereocenters. The Morgan fingerprint density at radius 2 is 1.76 bits per heavy atom. The molecule has 6 nitrogen and oxygen atoms in total. The van der Waals surface area contributed by atoms with Gasteiger partial charge in [-0.25, -0.2) is 13.1 Å². The molecule has 1 amide bonds. The Hall–Kier alpha value is -3.06. The van der Waals surface area contributed by atoms with Gasteiger partial charge in [0.15, 0.2) is 0 Å². The van der Waals surface area contributed by atoms with E-state index < -0.39 is 21.8 Å². The van der Waals surface area contributed by atoms with Crippen molar-refractivity contribution in [3.63, 3.8) is 0 Å². The number of carbonyl (C=O) groups is 1. The number of amides is 1. The lowest BCUT2D eigenvalue weighted by molar-refractivity contribution is -0.121. The molecule has 7 heteroatoms. The minimum absolute atomic E-state index is 0.121. The van der Waals surface area contributed by atoms with Crippen molar-refractivity contribution in [1.82, 2.24) is 4.72 Å². The van der Waals surface area contributed by atoms with Gasteiger partial charge in [0.05, 0.1) is 17.9 Å². The predicted molar refractivity (Wildman–Crippen MR) is 129 cm³/mol. The zero-order valence-corrected chi connectivity index (χ0v) is 19.5. The van der Waals surface area contributed by atoms with Crippen LogP contribution in [0.1, 0.15) is 42.7 Å². The van der Waals surface area contributed by atoms with E-state index in [0.717, 1.165) is 66.7 Å². The standard InChI is InChI=1S/C26H28N2O4S/c1-32-23-15-14-22(28-16-4-5-17-28)25-20(23)11-7-12-21(25)26(29)27-33(30,31)24-13-6-9-18-8-2-3-10-19(18)24/h2-3,6,8-10,13-15,21H,4-5,7,11-12,16-17H2,1H3,(H,27,29). The van der Waals surface area contributed by atoms with Crippen LogP contribution in [-0.4, -0.2) is 34.5 Å². The number of nitrogens with zero attached hydrogens (tertiary/aromatic N) is 1. The third kappa shape index (κ3) is 3.95. The van der Waals surface area contributed by atoms with Gasteiger partial charge in [-0.2, -0.15) is 0 Å². The third-order valence-electron chi connectivity index (χ3n) is 6.82. The SMILES string of the molecule is COc1ccc(N2CCCC2)c2c1CCCC2C(=O)NS(=O)(=O)c1cccc2ccccc12. The fraction of sp³-hybridized carbons (Fsp3) is 0.346. The van der Waals surface area contributed by atoms with Gasteiger partial charge in [0.2, 0.25) is 5.91 Å². The predicted octanol–water partition coefficient (Wildman–Crippen LogP) is 4.37. The van der Waals surface area contributed by atoms with E-state index in [1.807, 2.05) is 30.3 Å². The minimum atomic E-state index is -4.03. The number of sulfonamides is 1. The first-order valence-corrected chi connectivity index (χ1v) is 13.0. The highest BCUT2D eigenvalue weighted by molar-refractivity contribution is 7.90. The summed E-state index contributed by atoms with van der Waals surface area (Å²) in [6.07, 6.45) is 4.47. The quantitative estimate of drug-likeness (QED) is 0.607. The Balaban J connectivity index is 1.53. The Morgan fingerprint density at radius 3 is 2.55 bits per heavy atom. The number of rotatable bonds is 5. The largest absolute Gasteiger partial charge is 0.496 e. The molecule has 0 bridgehead atoms. The first kappa shape index (κ1) is 21.8. The number of nitrogens with one attached hydrogen (secondary N) is 1. The molecule has 3 aromatic rings. The number of hydrogen-bond donors (Lipinski definition) is 1. The zero-order chi connectivity index (χ0) is 23.0. The van der Waals surface area contributed by atoms with Gasteiger partial charge < -0.3 is 9.64 Å². The summed E-state index contributed by atoms with van der Waals surface area (Å²) >= 11 is 0. The molecule has 1 aliphatic carbocycles. The fourth-order valence-electron chi connectivity index (χ4n) is 5.28. The molecule has 5 rings (SSSR count). The number of benzene rings is 3. The number of carbonyl (C=O) groups excluding carboxylic acids is 1. The number of ether oxygens (including phenoxy) is 1. The van der Waals surface area contributed by atoms with Gasteiger partial charge in [0.25, 0.3) is 10.0 Å². The summed E-state index contributed by atoms with van der Waals surface area (Å²) in [5.74, 6) is -0.246. The maximum atomic E-state index is 13.5. The first-order chi connectivity index (χ1) is 16.0. The molecule has 0 aromatic heterocycles. The van der Waals surface area contributed by atoms with Crippen molar-refractivity contribution in [2.75, 3.05) is 25.1 Å². The van der Waals surface area contributed by atoms with Gasteiger partial charge in [-0.1, -0.05) is 36.4 Å². The summed E-state index contributed by atoms with van der Waals surface area (Å²) in [4.78, 5) is 15.9. The van der Waals surface area contributed by atoms with Crippen molar-refractivity contribution in [1.29, 1.82) is 0 Å². The number of anilines is 1. The van der Waals surface area contributed by atoms with Crippen molar-refractivity contribution in [3.8, 4) is 5.75 Å². The van der Waals surface area contributed by atoms with Crippen molar-refractivity contribution < 1.29 is 17.9 Å². The Morgan fingerprint density at radius 1 is 1.00 bits per heavy atom. The normalized spacial score (nSPS) is 18.2. The lowest BCUT2D eigenvalue weighted by Crippen LogP contribution is -2.37. The second kappa shape index (κ2) is 8.71. The Labute approximate surface area is 194 Å². The van der Waals surface area contributed by atoms with E-state index in [-0.39, 0.29) is 4.90 Å². The minimum Gasteiger partial charge on any atom is -0.496 e. The highest BCUT2D eigenvalue weighted by atomic mass is 32.2. The second-order valence-electron chi connectivity index (χ2n) is 8.77.